The van der Waals surface area contributed by atoms with E-state index in [2.05, 4.69) is 8.67 Å². The summed E-state index contributed by atoms with van der Waals surface area (Å²) in [5.74, 6) is 0. The van der Waals surface area contributed by atoms with E-state index in [4.69, 9.17) is 10.5 Å². The second-order valence-corrected chi connectivity index (χ2v) is 4.48. The van der Waals surface area contributed by atoms with Gasteiger partial charge in [-0.2, -0.15) is 10.5 Å². The van der Waals surface area contributed by atoms with Gasteiger partial charge in [0.15, 0.2) is 6.04 Å². The molecule has 0 aromatic heterocycles. The van der Waals surface area contributed by atoms with Gasteiger partial charge in [-0.05, 0) is 14.1 Å². The SMILES string of the molecule is CN(C)C(C#N)C#N.O=S(=O)([O-])OOS(=O)(=O)[O-].[K+].[K+]. The van der Waals surface area contributed by atoms with E-state index in [9.17, 15) is 25.9 Å². The van der Waals surface area contributed by atoms with Crippen LogP contribution in [-0.4, -0.2) is 51.0 Å². The van der Waals surface area contributed by atoms with Crippen LogP contribution in [-0.2, 0) is 29.5 Å². The zero-order chi connectivity index (χ0) is 15.0. The number of rotatable bonds is 4. The number of nitriles is 2. The topological polar surface area (TPSA) is 184 Å². The van der Waals surface area contributed by atoms with Crippen molar-refractivity contribution < 1.29 is 137 Å². The van der Waals surface area contributed by atoms with Crippen LogP contribution in [0.15, 0.2) is 0 Å². The summed E-state index contributed by atoms with van der Waals surface area (Å²) >= 11 is 0. The van der Waals surface area contributed by atoms with E-state index < -0.39 is 26.8 Å². The molecule has 0 bridgehead atoms. The number of nitrogens with zero attached hydrogens (tertiary/aromatic N) is 3. The van der Waals surface area contributed by atoms with Crippen LogP contribution in [0.2, 0.25) is 0 Å². The Kier molecular flexibility index (Phi) is 21.7. The summed E-state index contributed by atoms with van der Waals surface area (Å²) in [5.41, 5.74) is 0. The molecule has 0 amide bonds. The summed E-state index contributed by atoms with van der Waals surface area (Å²) in [6.45, 7) is 0. The maximum atomic E-state index is 9.37. The standard InChI is InChI=1S/C5H7N3.2K.H2O8S2/c1-8(2)5(3-6)4-7;;;1-9(2,3)7-8-10(4,5)6/h5H,1-2H3;;;(H,1,2,3)(H,4,5,6)/q;2*+1;/p-2. The van der Waals surface area contributed by atoms with Gasteiger partial charge in [0.2, 0.25) is 20.8 Å². The van der Waals surface area contributed by atoms with E-state index in [1.165, 1.54) is 0 Å². The Balaban J connectivity index is -0.000000119. The van der Waals surface area contributed by atoms with Crippen LogP contribution in [0.1, 0.15) is 0 Å². The molecule has 0 heterocycles. The maximum absolute atomic E-state index is 9.37. The molecule has 0 aliphatic heterocycles. The van der Waals surface area contributed by atoms with Gasteiger partial charge < -0.3 is 9.11 Å². The zero-order valence-electron chi connectivity index (χ0n) is 11.0. The second-order valence-electron chi connectivity index (χ2n) is 2.58. The molecule has 0 spiro atoms. The van der Waals surface area contributed by atoms with E-state index in [0.29, 0.717) is 0 Å². The van der Waals surface area contributed by atoms with Crippen molar-refractivity contribution in [3.63, 3.8) is 0 Å². The molecule has 11 nitrogen and oxygen atoms in total. The monoisotopic (exact) mass is 379 g/mol. The normalized spacial score (nSPS) is 10.2. The van der Waals surface area contributed by atoms with Gasteiger partial charge >= 0.3 is 103 Å². The first-order chi connectivity index (χ1) is 7.93. The van der Waals surface area contributed by atoms with E-state index in [1.54, 1.807) is 19.0 Å². The largest absolute Gasteiger partial charge is 1.00 e. The van der Waals surface area contributed by atoms with Crippen molar-refractivity contribution in [2.45, 2.75) is 6.04 Å². The fourth-order valence-corrected chi connectivity index (χ4v) is 0.872. The van der Waals surface area contributed by atoms with E-state index in [-0.39, 0.29) is 103 Å². The molecule has 0 aromatic rings. The fourth-order valence-electron chi connectivity index (χ4n) is 0.328. The molecule has 0 rings (SSSR count). The van der Waals surface area contributed by atoms with Gasteiger partial charge in [0.05, 0.1) is 12.1 Å². The Bertz CT molecular complexity index is 487. The molecule has 0 saturated heterocycles. The van der Waals surface area contributed by atoms with Crippen molar-refractivity contribution in [3.05, 3.63) is 0 Å². The third-order valence-corrected chi connectivity index (χ3v) is 1.51. The predicted molar refractivity (Wildman–Crippen MR) is 50.3 cm³/mol. The first kappa shape index (κ1) is 29.9. The van der Waals surface area contributed by atoms with Crippen molar-refractivity contribution in [3.8, 4) is 12.1 Å². The molecule has 0 saturated carbocycles. The summed E-state index contributed by atoms with van der Waals surface area (Å²) in [7, 11) is -7.23. The molecule has 0 radical (unpaired) electrons. The first-order valence-electron chi connectivity index (χ1n) is 3.68. The van der Waals surface area contributed by atoms with Gasteiger partial charge in [0, 0.05) is 0 Å². The summed E-state index contributed by atoms with van der Waals surface area (Å²) < 4.78 is 61.5. The minimum atomic E-state index is -5.31. The van der Waals surface area contributed by atoms with Gasteiger partial charge in [-0.3, -0.25) is 4.90 Å². The van der Waals surface area contributed by atoms with Crippen LogP contribution < -0.4 is 103 Å². The molecule has 104 valence electrons. The number of hydrogen-bond acceptors (Lipinski definition) is 11. The van der Waals surface area contributed by atoms with Crippen LogP contribution in [0.3, 0.4) is 0 Å². The smallest absolute Gasteiger partial charge is 0.724 e. The average Bonchev–Trinajstić information content (AvgIpc) is 2.15. The van der Waals surface area contributed by atoms with Gasteiger partial charge in [-0.25, -0.2) is 16.8 Å². The van der Waals surface area contributed by atoms with Gasteiger partial charge in [-0.15, -0.1) is 8.67 Å². The molecular weight excluding hydrogens is 372 g/mol. The van der Waals surface area contributed by atoms with E-state index >= 15 is 0 Å². The zero-order valence-corrected chi connectivity index (χ0v) is 18.9. The minimum Gasteiger partial charge on any atom is -0.724 e. The molecule has 0 aliphatic carbocycles. The van der Waals surface area contributed by atoms with Crippen LogP contribution >= 0.6 is 0 Å². The summed E-state index contributed by atoms with van der Waals surface area (Å²) in [6.07, 6.45) is 0. The van der Waals surface area contributed by atoms with E-state index in [0.717, 1.165) is 0 Å². The Hall–Kier alpha value is 1.95. The Morgan fingerprint density at radius 1 is 0.950 bits per heavy atom. The Labute approximate surface area is 201 Å². The van der Waals surface area contributed by atoms with Crippen LogP contribution in [0.4, 0.5) is 0 Å². The van der Waals surface area contributed by atoms with Crippen LogP contribution in [0, 0.1) is 22.7 Å². The van der Waals surface area contributed by atoms with Gasteiger partial charge in [0.25, 0.3) is 0 Å². The molecule has 0 N–H and O–H groups in total. The number of hydrogen-bond donors (Lipinski definition) is 0. The quantitative estimate of drug-likeness (QED) is 0.148. The first-order valence-corrected chi connectivity index (χ1v) is 6.34. The average molecular weight is 379 g/mol. The predicted octanol–water partition coefficient (Wildman–Crippen LogP) is -8.17. The Morgan fingerprint density at radius 2 is 1.20 bits per heavy atom. The molecule has 0 atom stereocenters. The summed E-state index contributed by atoms with van der Waals surface area (Å²) in [6, 6.07) is 3.03. The molecule has 0 aromatic carbocycles. The van der Waals surface area contributed by atoms with Crippen molar-refractivity contribution in [1.29, 1.82) is 10.5 Å². The van der Waals surface area contributed by atoms with Crippen molar-refractivity contribution in [2.75, 3.05) is 14.1 Å². The molecule has 0 aliphatic rings. The molecule has 20 heavy (non-hydrogen) atoms. The summed E-state index contributed by atoms with van der Waals surface area (Å²) in [4.78, 5) is 1.56. The van der Waals surface area contributed by atoms with Crippen LogP contribution in [0.25, 0.3) is 0 Å². The Morgan fingerprint density at radius 3 is 1.25 bits per heavy atom. The molecule has 0 fully saturated rings. The second kappa shape index (κ2) is 14.5. The summed E-state index contributed by atoms with van der Waals surface area (Å²) in [5, 5.41) is 16.4. The fraction of sp³-hybridized carbons (Fsp3) is 0.600. The van der Waals surface area contributed by atoms with Gasteiger partial charge in [-0.1, -0.05) is 0 Å². The van der Waals surface area contributed by atoms with Crippen molar-refractivity contribution in [2.24, 2.45) is 0 Å². The maximum Gasteiger partial charge on any atom is 1.00 e. The van der Waals surface area contributed by atoms with Crippen LogP contribution in [0.5, 0.6) is 0 Å². The third-order valence-electron chi connectivity index (χ3n) is 0.955. The van der Waals surface area contributed by atoms with Crippen molar-refractivity contribution >= 4 is 20.8 Å². The molecular formula is C5H7K2N3O8S2. The minimum absolute atomic E-state index is 0. The molecule has 0 unspecified atom stereocenters. The van der Waals surface area contributed by atoms with Crippen molar-refractivity contribution in [1.82, 2.24) is 4.90 Å². The third kappa shape index (κ3) is 24.9. The molecule has 15 heteroatoms. The van der Waals surface area contributed by atoms with Gasteiger partial charge in [0.1, 0.15) is 0 Å². The van der Waals surface area contributed by atoms with E-state index in [1.807, 2.05) is 12.1 Å².